The topological polar surface area (TPSA) is 60.9 Å². The smallest absolute Gasteiger partial charge is 0.261 e. The molecule has 0 atom stereocenters. The first-order valence-electron chi connectivity index (χ1n) is 11.0. The molecule has 1 heterocycles. The number of carbonyl (C=O) groups is 3. The predicted molar refractivity (Wildman–Crippen MR) is 128 cm³/mol. The second kappa shape index (κ2) is 9.28. The third-order valence-electron chi connectivity index (χ3n) is 5.90. The van der Waals surface area contributed by atoms with Crippen molar-refractivity contribution in [2.24, 2.45) is 0 Å². The van der Waals surface area contributed by atoms with Crippen LogP contribution in [0.15, 0.2) is 72.8 Å². The molecule has 0 aliphatic carbocycles. The lowest BCUT2D eigenvalue weighted by Gasteiger charge is -2.22. The summed E-state index contributed by atoms with van der Waals surface area (Å²) in [5.74, 6) is -0.860. The molecule has 3 amide bonds. The highest BCUT2D eigenvalue weighted by Crippen LogP contribution is 2.26. The van der Waals surface area contributed by atoms with E-state index < -0.39 is 0 Å². The number of rotatable bonds is 7. The molecular formula is C27H27N3O3. The molecule has 3 aromatic carbocycles. The number of carbonyl (C=O) groups excluding carboxylic acids is 3. The Kier molecular flexibility index (Phi) is 6.27. The minimum absolute atomic E-state index is 0.168. The van der Waals surface area contributed by atoms with Gasteiger partial charge < -0.3 is 9.80 Å². The SMILES string of the molecule is CCN(Cc1ccc(N(C)C)cc1)C(=O)c1ccc2c(c1)C(=O)N(Cc1ccccc1)C2=O. The van der Waals surface area contributed by atoms with Gasteiger partial charge >= 0.3 is 0 Å². The summed E-state index contributed by atoms with van der Waals surface area (Å²) >= 11 is 0. The molecule has 0 unspecified atom stereocenters. The Balaban J connectivity index is 1.53. The van der Waals surface area contributed by atoms with Crippen LogP contribution in [-0.4, -0.2) is 48.2 Å². The van der Waals surface area contributed by atoms with Crippen LogP contribution in [0.5, 0.6) is 0 Å². The summed E-state index contributed by atoms with van der Waals surface area (Å²) in [5, 5.41) is 0. The van der Waals surface area contributed by atoms with E-state index in [0.717, 1.165) is 16.8 Å². The van der Waals surface area contributed by atoms with E-state index in [0.29, 0.717) is 24.2 Å². The van der Waals surface area contributed by atoms with Gasteiger partial charge in [-0.15, -0.1) is 0 Å². The molecule has 3 aromatic rings. The van der Waals surface area contributed by atoms with Crippen LogP contribution in [-0.2, 0) is 13.1 Å². The lowest BCUT2D eigenvalue weighted by molar-refractivity contribution is 0.0642. The monoisotopic (exact) mass is 441 g/mol. The molecule has 0 radical (unpaired) electrons. The van der Waals surface area contributed by atoms with Gasteiger partial charge in [0.05, 0.1) is 17.7 Å². The van der Waals surface area contributed by atoms with Crippen LogP contribution in [0.1, 0.15) is 49.1 Å². The fourth-order valence-corrected chi connectivity index (χ4v) is 3.96. The van der Waals surface area contributed by atoms with E-state index in [1.54, 1.807) is 23.1 Å². The molecule has 0 spiro atoms. The van der Waals surface area contributed by atoms with Crippen molar-refractivity contribution >= 4 is 23.4 Å². The van der Waals surface area contributed by atoms with Crippen LogP contribution in [0.3, 0.4) is 0 Å². The molecule has 168 valence electrons. The van der Waals surface area contributed by atoms with Crippen molar-refractivity contribution in [3.8, 4) is 0 Å². The molecule has 0 bridgehead atoms. The number of hydrogen-bond donors (Lipinski definition) is 0. The standard InChI is InChI=1S/C27H27N3O3/c1-4-29(17-20-10-13-22(14-11-20)28(2)3)25(31)21-12-15-23-24(16-21)27(33)30(26(23)32)18-19-8-6-5-7-9-19/h5-16H,4,17-18H2,1-3H3. The van der Waals surface area contributed by atoms with Gasteiger partial charge in [-0.1, -0.05) is 42.5 Å². The Morgan fingerprint density at radius 3 is 2.12 bits per heavy atom. The summed E-state index contributed by atoms with van der Waals surface area (Å²) in [6.07, 6.45) is 0. The molecule has 4 rings (SSSR count). The summed E-state index contributed by atoms with van der Waals surface area (Å²) < 4.78 is 0. The van der Waals surface area contributed by atoms with Crippen LogP contribution in [0.4, 0.5) is 5.69 Å². The van der Waals surface area contributed by atoms with Gasteiger partial charge in [-0.05, 0) is 48.4 Å². The molecule has 6 nitrogen and oxygen atoms in total. The summed E-state index contributed by atoms with van der Waals surface area (Å²) in [7, 11) is 3.97. The molecule has 0 fully saturated rings. The number of fused-ring (bicyclic) bond motifs is 1. The van der Waals surface area contributed by atoms with Crippen molar-refractivity contribution in [2.75, 3.05) is 25.5 Å². The molecular weight excluding hydrogens is 414 g/mol. The van der Waals surface area contributed by atoms with Crippen LogP contribution in [0.2, 0.25) is 0 Å². The maximum absolute atomic E-state index is 13.2. The number of anilines is 1. The minimum Gasteiger partial charge on any atom is -0.378 e. The number of imide groups is 1. The molecule has 0 saturated carbocycles. The number of amides is 3. The van der Waals surface area contributed by atoms with E-state index in [4.69, 9.17) is 0 Å². The van der Waals surface area contributed by atoms with Crippen LogP contribution in [0.25, 0.3) is 0 Å². The summed E-state index contributed by atoms with van der Waals surface area (Å²) in [4.78, 5) is 44.0. The van der Waals surface area contributed by atoms with Gasteiger partial charge in [0.25, 0.3) is 17.7 Å². The average Bonchev–Trinajstić information content (AvgIpc) is 3.07. The zero-order chi connectivity index (χ0) is 23.5. The fourth-order valence-electron chi connectivity index (χ4n) is 3.96. The zero-order valence-electron chi connectivity index (χ0n) is 19.1. The highest BCUT2D eigenvalue weighted by molar-refractivity contribution is 6.22. The van der Waals surface area contributed by atoms with Crippen LogP contribution < -0.4 is 4.90 Å². The van der Waals surface area contributed by atoms with E-state index in [9.17, 15) is 14.4 Å². The van der Waals surface area contributed by atoms with E-state index in [-0.39, 0.29) is 29.8 Å². The van der Waals surface area contributed by atoms with E-state index in [1.165, 1.54) is 4.90 Å². The maximum Gasteiger partial charge on any atom is 0.261 e. The van der Waals surface area contributed by atoms with E-state index >= 15 is 0 Å². The number of hydrogen-bond acceptors (Lipinski definition) is 4. The van der Waals surface area contributed by atoms with Crippen molar-refractivity contribution < 1.29 is 14.4 Å². The first-order chi connectivity index (χ1) is 15.9. The first-order valence-corrected chi connectivity index (χ1v) is 11.0. The van der Waals surface area contributed by atoms with Crippen molar-refractivity contribution in [3.05, 3.63) is 101 Å². The van der Waals surface area contributed by atoms with Gasteiger partial charge in [0, 0.05) is 38.4 Å². The summed E-state index contributed by atoms with van der Waals surface area (Å²) in [6.45, 7) is 3.13. The highest BCUT2D eigenvalue weighted by Gasteiger charge is 2.36. The molecule has 0 N–H and O–H groups in total. The Morgan fingerprint density at radius 1 is 0.818 bits per heavy atom. The number of benzene rings is 3. The van der Waals surface area contributed by atoms with Gasteiger partial charge in [-0.2, -0.15) is 0 Å². The molecule has 0 aromatic heterocycles. The predicted octanol–water partition coefficient (Wildman–Crippen LogP) is 4.21. The third kappa shape index (κ3) is 4.51. The third-order valence-corrected chi connectivity index (χ3v) is 5.90. The Labute approximate surface area is 194 Å². The van der Waals surface area contributed by atoms with Gasteiger partial charge in [-0.3, -0.25) is 19.3 Å². The Hall–Kier alpha value is -3.93. The maximum atomic E-state index is 13.2. The quantitative estimate of drug-likeness (QED) is 0.516. The second-order valence-electron chi connectivity index (χ2n) is 8.32. The molecule has 1 aliphatic rings. The lowest BCUT2D eigenvalue weighted by atomic mass is 10.0. The Morgan fingerprint density at radius 2 is 1.48 bits per heavy atom. The van der Waals surface area contributed by atoms with Gasteiger partial charge in [0.15, 0.2) is 0 Å². The van der Waals surface area contributed by atoms with E-state index in [2.05, 4.69) is 0 Å². The molecule has 0 saturated heterocycles. The molecule has 6 heteroatoms. The first kappa shape index (κ1) is 22.3. The van der Waals surface area contributed by atoms with Crippen molar-refractivity contribution in [1.82, 2.24) is 9.80 Å². The number of nitrogens with zero attached hydrogens (tertiary/aromatic N) is 3. The normalized spacial score (nSPS) is 12.6. The fraction of sp³-hybridized carbons (Fsp3) is 0.222. The minimum atomic E-state index is -0.365. The summed E-state index contributed by atoms with van der Waals surface area (Å²) in [6, 6.07) is 22.2. The van der Waals surface area contributed by atoms with Gasteiger partial charge in [0.2, 0.25) is 0 Å². The Bertz CT molecular complexity index is 1190. The second-order valence-corrected chi connectivity index (χ2v) is 8.32. The largest absolute Gasteiger partial charge is 0.378 e. The highest BCUT2D eigenvalue weighted by atomic mass is 16.2. The molecule has 33 heavy (non-hydrogen) atoms. The molecule has 1 aliphatic heterocycles. The van der Waals surface area contributed by atoms with Gasteiger partial charge in [-0.25, -0.2) is 0 Å². The average molecular weight is 442 g/mol. The lowest BCUT2D eigenvalue weighted by Crippen LogP contribution is -2.30. The van der Waals surface area contributed by atoms with Crippen molar-refractivity contribution in [3.63, 3.8) is 0 Å². The van der Waals surface area contributed by atoms with Crippen molar-refractivity contribution in [1.29, 1.82) is 0 Å². The summed E-state index contributed by atoms with van der Waals surface area (Å²) in [5.41, 5.74) is 4.03. The van der Waals surface area contributed by atoms with Gasteiger partial charge in [0.1, 0.15) is 0 Å². The van der Waals surface area contributed by atoms with E-state index in [1.807, 2.05) is 80.5 Å². The van der Waals surface area contributed by atoms with Crippen LogP contribution >= 0.6 is 0 Å². The zero-order valence-corrected chi connectivity index (χ0v) is 19.1. The van der Waals surface area contributed by atoms with Crippen LogP contribution in [0, 0.1) is 0 Å². The van der Waals surface area contributed by atoms with Crippen molar-refractivity contribution in [2.45, 2.75) is 20.0 Å².